The molecule has 1 unspecified atom stereocenters. The normalized spacial score (nSPS) is 12.1. The second-order valence-electron chi connectivity index (χ2n) is 8.13. The van der Waals surface area contributed by atoms with Crippen LogP contribution in [0.5, 0.6) is 11.5 Å². The van der Waals surface area contributed by atoms with Crippen LogP contribution >= 0.6 is 0 Å². The van der Waals surface area contributed by atoms with E-state index in [-0.39, 0.29) is 11.9 Å². The van der Waals surface area contributed by atoms with E-state index < -0.39 is 0 Å². The largest absolute Gasteiger partial charge is 0.493 e. The fourth-order valence-corrected chi connectivity index (χ4v) is 3.90. The van der Waals surface area contributed by atoms with Crippen molar-refractivity contribution in [2.75, 3.05) is 7.11 Å². The third-order valence-corrected chi connectivity index (χ3v) is 5.82. The van der Waals surface area contributed by atoms with Gasteiger partial charge in [0, 0.05) is 6.08 Å². The number of hydrogen-bond donors (Lipinski definition) is 1. The van der Waals surface area contributed by atoms with Gasteiger partial charge in [0.2, 0.25) is 5.91 Å². The average molecular weight is 457 g/mol. The zero-order chi connectivity index (χ0) is 24.1. The van der Waals surface area contributed by atoms with Gasteiger partial charge in [-0.2, -0.15) is 0 Å². The predicted octanol–water partition coefficient (Wildman–Crippen LogP) is 5.92. The van der Waals surface area contributed by atoms with Crippen molar-refractivity contribution in [3.8, 4) is 11.5 Å². The average Bonchev–Trinajstić information content (AvgIpc) is 3.18. The molecule has 0 bridgehead atoms. The van der Waals surface area contributed by atoms with Crippen LogP contribution in [0.2, 0.25) is 0 Å². The van der Waals surface area contributed by atoms with E-state index in [1.807, 2.05) is 63.2 Å². The third-order valence-electron chi connectivity index (χ3n) is 5.82. The van der Waals surface area contributed by atoms with Gasteiger partial charge in [0.1, 0.15) is 12.4 Å². The maximum atomic E-state index is 12.6. The molecule has 0 fully saturated rings. The van der Waals surface area contributed by atoms with Crippen LogP contribution in [0.25, 0.3) is 16.8 Å². The number of benzene rings is 3. The molecule has 0 aliphatic carbocycles. The Balaban J connectivity index is 1.42. The minimum atomic E-state index is -0.168. The first-order valence-electron chi connectivity index (χ1n) is 11.1. The first-order valence-corrected chi connectivity index (χ1v) is 11.1. The lowest BCUT2D eigenvalue weighted by atomic mass is 10.00. The Morgan fingerprint density at radius 1 is 1.09 bits per heavy atom. The molecular weight excluding hydrogens is 428 g/mol. The number of methoxy groups -OCH3 is 1. The number of amides is 1. The first-order chi connectivity index (χ1) is 16.5. The number of fused-ring (bicyclic) bond motifs is 1. The zero-order valence-corrected chi connectivity index (χ0v) is 19.8. The van der Waals surface area contributed by atoms with Crippen molar-refractivity contribution in [3.05, 3.63) is 94.9 Å². The zero-order valence-electron chi connectivity index (χ0n) is 19.8. The van der Waals surface area contributed by atoms with Crippen LogP contribution in [0.1, 0.15) is 41.1 Å². The van der Waals surface area contributed by atoms with Gasteiger partial charge in [0.05, 0.1) is 24.4 Å². The number of rotatable bonds is 8. The molecule has 1 N–H and O–H groups in total. The van der Waals surface area contributed by atoms with E-state index in [9.17, 15) is 4.79 Å². The van der Waals surface area contributed by atoms with Crippen LogP contribution < -0.4 is 14.8 Å². The van der Waals surface area contributed by atoms with Crippen LogP contribution in [-0.4, -0.2) is 18.2 Å². The number of hydrogen-bond acceptors (Lipinski definition) is 5. The number of nitrogens with zero attached hydrogens (tertiary/aromatic N) is 1. The van der Waals surface area contributed by atoms with E-state index in [1.165, 1.54) is 6.08 Å². The summed E-state index contributed by atoms with van der Waals surface area (Å²) in [4.78, 5) is 12.6. The summed E-state index contributed by atoms with van der Waals surface area (Å²) in [6.45, 7) is 6.06. The van der Waals surface area contributed by atoms with Crippen molar-refractivity contribution >= 4 is 22.8 Å². The minimum absolute atomic E-state index is 0.127. The fourth-order valence-electron chi connectivity index (χ4n) is 3.90. The molecule has 4 aromatic rings. The van der Waals surface area contributed by atoms with E-state index in [4.69, 9.17) is 14.0 Å². The van der Waals surface area contributed by atoms with E-state index in [1.54, 1.807) is 13.2 Å². The first kappa shape index (κ1) is 23.1. The number of nitrogens with one attached hydrogen (secondary N) is 1. The van der Waals surface area contributed by atoms with E-state index >= 15 is 0 Å². The number of ether oxygens (including phenoxy) is 2. The standard InChI is InChI=1S/C28H28N2O4/c1-18(23-11-7-9-22-8-5-6-10-24(22)23)29-28(31)15-13-21-12-14-26(27(16-21)32-4)33-17-25-19(2)30-34-20(25)3/h5-16,18H,17H2,1-4H3,(H,29,31). The van der Waals surface area contributed by atoms with Crippen molar-refractivity contribution in [2.24, 2.45) is 0 Å². The molecule has 6 heteroatoms. The van der Waals surface area contributed by atoms with Crippen LogP contribution in [0, 0.1) is 13.8 Å². The highest BCUT2D eigenvalue weighted by Gasteiger charge is 2.13. The molecule has 0 saturated heterocycles. The van der Waals surface area contributed by atoms with Crippen molar-refractivity contribution in [1.82, 2.24) is 10.5 Å². The molecule has 1 heterocycles. The summed E-state index contributed by atoms with van der Waals surface area (Å²) in [6, 6.07) is 19.7. The summed E-state index contributed by atoms with van der Waals surface area (Å²) >= 11 is 0. The lowest BCUT2D eigenvalue weighted by Crippen LogP contribution is -2.24. The van der Waals surface area contributed by atoms with Crippen LogP contribution in [0.15, 0.2) is 71.3 Å². The lowest BCUT2D eigenvalue weighted by Gasteiger charge is -2.15. The smallest absolute Gasteiger partial charge is 0.244 e. The summed E-state index contributed by atoms with van der Waals surface area (Å²) in [5.74, 6) is 1.75. The Bertz CT molecular complexity index is 1310. The molecule has 1 atom stereocenters. The van der Waals surface area contributed by atoms with Crippen molar-refractivity contribution in [2.45, 2.75) is 33.4 Å². The highest BCUT2D eigenvalue weighted by molar-refractivity contribution is 5.93. The molecule has 0 spiro atoms. The maximum absolute atomic E-state index is 12.6. The highest BCUT2D eigenvalue weighted by Crippen LogP contribution is 2.30. The van der Waals surface area contributed by atoms with Gasteiger partial charge < -0.3 is 19.3 Å². The number of carbonyl (C=O) groups excluding carboxylic acids is 1. The molecule has 3 aromatic carbocycles. The number of carbonyl (C=O) groups is 1. The summed E-state index contributed by atoms with van der Waals surface area (Å²) in [5.41, 5.74) is 3.64. The molecule has 0 saturated carbocycles. The van der Waals surface area contributed by atoms with Gasteiger partial charge in [-0.15, -0.1) is 0 Å². The minimum Gasteiger partial charge on any atom is -0.493 e. The SMILES string of the molecule is COc1cc(C=CC(=O)NC(C)c2cccc3ccccc23)ccc1OCc1c(C)noc1C. The van der Waals surface area contributed by atoms with Crippen molar-refractivity contribution in [1.29, 1.82) is 0 Å². The summed E-state index contributed by atoms with van der Waals surface area (Å²) < 4.78 is 16.6. The van der Waals surface area contributed by atoms with Gasteiger partial charge in [-0.3, -0.25) is 4.79 Å². The number of aryl methyl sites for hydroxylation is 2. The van der Waals surface area contributed by atoms with Gasteiger partial charge in [-0.25, -0.2) is 0 Å². The van der Waals surface area contributed by atoms with Gasteiger partial charge in [0.15, 0.2) is 11.5 Å². The van der Waals surface area contributed by atoms with E-state index in [0.29, 0.717) is 18.1 Å². The summed E-state index contributed by atoms with van der Waals surface area (Å²) in [5, 5.41) is 9.29. The molecule has 6 nitrogen and oxygen atoms in total. The van der Waals surface area contributed by atoms with Gasteiger partial charge in [-0.1, -0.05) is 53.7 Å². The van der Waals surface area contributed by atoms with Gasteiger partial charge in [0.25, 0.3) is 0 Å². The second-order valence-corrected chi connectivity index (χ2v) is 8.13. The van der Waals surface area contributed by atoms with Crippen LogP contribution in [-0.2, 0) is 11.4 Å². The number of aromatic nitrogens is 1. The van der Waals surface area contributed by atoms with E-state index in [0.717, 1.165) is 38.9 Å². The Kier molecular flexibility index (Phi) is 6.97. The molecule has 0 aliphatic heterocycles. The molecule has 1 aromatic heterocycles. The molecule has 4 rings (SSSR count). The topological polar surface area (TPSA) is 73.6 Å². The summed E-state index contributed by atoms with van der Waals surface area (Å²) in [7, 11) is 1.59. The Hall–Kier alpha value is -4.06. The fraction of sp³-hybridized carbons (Fsp3) is 0.214. The Labute approximate surface area is 199 Å². The molecule has 34 heavy (non-hydrogen) atoms. The second kappa shape index (κ2) is 10.3. The van der Waals surface area contributed by atoms with Crippen LogP contribution in [0.3, 0.4) is 0 Å². The predicted molar refractivity (Wildman–Crippen MR) is 133 cm³/mol. The third kappa shape index (κ3) is 5.12. The summed E-state index contributed by atoms with van der Waals surface area (Å²) in [6.07, 6.45) is 3.28. The van der Waals surface area contributed by atoms with Crippen molar-refractivity contribution in [3.63, 3.8) is 0 Å². The lowest BCUT2D eigenvalue weighted by molar-refractivity contribution is -0.117. The van der Waals surface area contributed by atoms with Crippen molar-refractivity contribution < 1.29 is 18.8 Å². The van der Waals surface area contributed by atoms with Crippen LogP contribution in [0.4, 0.5) is 0 Å². The highest BCUT2D eigenvalue weighted by atomic mass is 16.5. The molecule has 0 aliphatic rings. The van der Waals surface area contributed by atoms with E-state index in [2.05, 4.69) is 28.7 Å². The van der Waals surface area contributed by atoms with Gasteiger partial charge in [-0.05, 0) is 60.9 Å². The molecule has 174 valence electrons. The molecular formula is C28H28N2O4. The molecule has 0 radical (unpaired) electrons. The Morgan fingerprint density at radius 3 is 2.65 bits per heavy atom. The monoisotopic (exact) mass is 456 g/mol. The Morgan fingerprint density at radius 2 is 1.88 bits per heavy atom. The maximum Gasteiger partial charge on any atom is 0.244 e. The van der Waals surface area contributed by atoms with Gasteiger partial charge >= 0.3 is 0 Å². The quantitative estimate of drug-likeness (QED) is 0.333. The molecule has 1 amide bonds.